The zero-order chi connectivity index (χ0) is 40.1. The van der Waals surface area contributed by atoms with Crippen LogP contribution in [0.3, 0.4) is 0 Å². The van der Waals surface area contributed by atoms with E-state index in [-0.39, 0.29) is 57.4 Å². The minimum absolute atomic E-state index is 0.00613. The number of carbonyl (C=O) groups is 4. The lowest BCUT2D eigenvalue weighted by molar-refractivity contribution is -0.277. The Bertz CT molecular complexity index is 1560. The maximum absolute atomic E-state index is 13.4. The molecule has 2 aromatic rings. The molecule has 4 atom stereocenters. The van der Waals surface area contributed by atoms with Gasteiger partial charge in [0.2, 0.25) is 11.8 Å². The number of nitrogens with zero attached hydrogens (tertiary/aromatic N) is 1. The molecule has 0 saturated heterocycles. The van der Waals surface area contributed by atoms with Crippen LogP contribution in [0.15, 0.2) is 59.6 Å². The zero-order valence-electron chi connectivity index (χ0n) is 29.7. The highest BCUT2D eigenvalue weighted by Crippen LogP contribution is 2.35. The number of nitrogens with two attached hydrogens (primary N) is 2. The number of hydrogen-bond acceptors (Lipinski definition) is 12. The number of guanidine groups is 1. The Kier molecular flexibility index (Phi) is 20.0. The molecule has 0 spiro atoms. The van der Waals surface area contributed by atoms with Gasteiger partial charge in [-0.05, 0) is 63.9 Å². The molecule has 2 unspecified atom stereocenters. The topological polar surface area (TPSA) is 313 Å². The lowest BCUT2D eigenvalue weighted by Gasteiger charge is -2.24. The van der Waals surface area contributed by atoms with Crippen molar-refractivity contribution in [3.63, 3.8) is 0 Å². The first-order valence-corrected chi connectivity index (χ1v) is 18.9. The number of alkyl carbamates (subject to hydrolysis) is 2. The highest BCUT2D eigenvalue weighted by atomic mass is 31.1. The smallest absolute Gasteiger partial charge is 0.445 e. The molecule has 0 aromatic heterocycles. The Morgan fingerprint density at radius 3 is 1.98 bits per heavy atom. The Morgan fingerprint density at radius 1 is 0.815 bits per heavy atom. The first kappa shape index (κ1) is 45.3. The van der Waals surface area contributed by atoms with Crippen LogP contribution in [0.2, 0.25) is 0 Å². The van der Waals surface area contributed by atoms with Gasteiger partial charge in [-0.1, -0.05) is 56.3 Å². The number of hydrogen-bond donors (Lipinski definition) is 9. The second kappa shape index (κ2) is 23.8. The van der Waals surface area contributed by atoms with Gasteiger partial charge in [0.05, 0.1) is 0 Å². The predicted molar refractivity (Wildman–Crippen MR) is 194 cm³/mol. The first-order chi connectivity index (χ1) is 25.5. The van der Waals surface area contributed by atoms with Gasteiger partial charge in [-0.2, -0.15) is 0 Å². The van der Waals surface area contributed by atoms with E-state index in [0.717, 1.165) is 5.56 Å². The van der Waals surface area contributed by atoms with E-state index in [4.69, 9.17) is 30.7 Å². The second-order valence-corrected chi connectivity index (χ2v) is 13.4. The third-order valence-corrected chi connectivity index (χ3v) is 7.96. The van der Waals surface area contributed by atoms with Crippen molar-refractivity contribution in [2.45, 2.75) is 77.2 Å². The van der Waals surface area contributed by atoms with Crippen molar-refractivity contribution in [1.29, 1.82) is 0 Å². The van der Waals surface area contributed by atoms with E-state index in [1.165, 1.54) is 0 Å². The molecule has 296 valence electrons. The summed E-state index contributed by atoms with van der Waals surface area (Å²) in [6.07, 6.45) is -1.51. The lowest BCUT2D eigenvalue weighted by Crippen LogP contribution is -2.53. The van der Waals surface area contributed by atoms with Crippen LogP contribution in [0, 0.1) is 5.92 Å². The highest BCUT2D eigenvalue weighted by Gasteiger charge is 2.47. The van der Waals surface area contributed by atoms with Gasteiger partial charge in [0.25, 0.3) is 0 Å². The quantitative estimate of drug-likeness (QED) is 0.0256. The van der Waals surface area contributed by atoms with E-state index in [1.807, 2.05) is 19.9 Å². The summed E-state index contributed by atoms with van der Waals surface area (Å²) in [6.45, 7) is 3.67. The number of ether oxygens (including phenoxy) is 2. The number of nitrogens with one attached hydrogen (secondary N) is 4. The molecule has 11 N–H and O–H groups in total. The van der Waals surface area contributed by atoms with Crippen LogP contribution in [-0.4, -0.2) is 76.0 Å². The van der Waals surface area contributed by atoms with E-state index in [1.54, 1.807) is 48.5 Å². The van der Waals surface area contributed by atoms with Gasteiger partial charge in [0.15, 0.2) is 5.96 Å². The van der Waals surface area contributed by atoms with E-state index < -0.39 is 65.0 Å². The average molecular weight is 800 g/mol. The number of rotatable bonds is 23. The Morgan fingerprint density at radius 2 is 1.41 bits per heavy atom. The molecule has 0 heterocycles. The van der Waals surface area contributed by atoms with Crippen molar-refractivity contribution >= 4 is 52.2 Å². The van der Waals surface area contributed by atoms with Crippen molar-refractivity contribution in [2.24, 2.45) is 22.4 Å². The summed E-state index contributed by atoms with van der Waals surface area (Å²) in [7, 11) is -6.73. The zero-order valence-corrected chi connectivity index (χ0v) is 31.5. The van der Waals surface area contributed by atoms with E-state index in [2.05, 4.69) is 35.3 Å². The Labute approximate surface area is 313 Å². The van der Waals surface area contributed by atoms with Crippen molar-refractivity contribution in [2.75, 3.05) is 18.4 Å². The minimum atomic E-state index is -3.36. The molecule has 22 heteroatoms. The van der Waals surface area contributed by atoms with Crippen LogP contribution in [0.1, 0.15) is 57.1 Å². The van der Waals surface area contributed by atoms with E-state index in [0.29, 0.717) is 17.7 Å². The fourth-order valence-corrected chi connectivity index (χ4v) is 5.43. The summed E-state index contributed by atoms with van der Waals surface area (Å²) in [5.74, 6) is -4.07. The molecular weight excluding hydrogens is 752 g/mol. The molecule has 0 fully saturated rings. The third kappa shape index (κ3) is 19.3. The number of aliphatic imine (C=N–C) groups is 1. The minimum Gasteiger partial charge on any atom is -0.445 e. The summed E-state index contributed by atoms with van der Waals surface area (Å²) in [6, 6.07) is 13.3. The maximum atomic E-state index is 13.4. The Hall–Kier alpha value is -4.81. The third-order valence-electron chi connectivity index (χ3n) is 7.08. The molecule has 2 rings (SSSR count). The molecule has 20 nitrogen and oxygen atoms in total. The summed E-state index contributed by atoms with van der Waals surface area (Å²) >= 11 is 0. The summed E-state index contributed by atoms with van der Waals surface area (Å²) < 4.78 is 40.6. The van der Waals surface area contributed by atoms with Gasteiger partial charge in [-0.15, -0.1) is 9.79 Å². The second-order valence-electron chi connectivity index (χ2n) is 12.1. The SMILES string of the molecule is CC(C)C[C@H](NC(=O)OCc1ccccc1)C(=O)N[C@@H](CCCN=C(N)N)C(=O)Nc1ccc(COC(=O)NCCCC(O)(O[P+](=O)O)O[P+](=O)O)cc1. The summed E-state index contributed by atoms with van der Waals surface area (Å²) in [5, 5.41) is 20.4. The molecular formula is C32H47N7O13P2+2. The molecule has 0 aliphatic carbocycles. The standard InChI is InChI=1S/C32H45N7O13P2/c1-21(2)18-26(39-31(43)50-19-22-8-4-3-5-9-22)28(41)38-25(10-6-16-35-29(33)34)27(40)37-24-13-11-23(12-14-24)20-49-30(42)36-17-7-15-32(44,51-53(45)46)52-54(47)48/h3-5,8-9,11-14,21,25-26,44H,6-7,10,15-20H2,1-2H3,(H8-2,33,34,35,36,37,38,39,40,41,42,43,45,46,47,48)/p+2/t25-,26-/m0/s1. The van der Waals surface area contributed by atoms with Gasteiger partial charge < -0.3 is 47.3 Å². The lowest BCUT2D eigenvalue weighted by atomic mass is 10.0. The molecule has 4 amide bonds. The van der Waals surface area contributed by atoms with Gasteiger partial charge >= 0.3 is 34.7 Å². The normalized spacial score (nSPS) is 13.7. The number of anilines is 1. The predicted octanol–water partition coefficient (Wildman–Crippen LogP) is 2.49. The van der Waals surface area contributed by atoms with Crippen molar-refractivity contribution in [1.82, 2.24) is 16.0 Å². The van der Waals surface area contributed by atoms with Crippen LogP contribution in [0.25, 0.3) is 0 Å². The number of benzene rings is 2. The number of carbonyl (C=O) groups excluding carboxylic acids is 4. The van der Waals surface area contributed by atoms with E-state index in [9.17, 15) is 33.4 Å². The average Bonchev–Trinajstić information content (AvgIpc) is 3.09. The van der Waals surface area contributed by atoms with Crippen molar-refractivity contribution < 1.29 is 61.7 Å². The van der Waals surface area contributed by atoms with Crippen LogP contribution < -0.4 is 32.7 Å². The molecule has 2 aromatic carbocycles. The van der Waals surface area contributed by atoms with Crippen molar-refractivity contribution in [3.8, 4) is 0 Å². The summed E-state index contributed by atoms with van der Waals surface area (Å²) in [4.78, 5) is 73.1. The van der Waals surface area contributed by atoms with Gasteiger partial charge in [-0.3, -0.25) is 14.6 Å². The molecule has 0 saturated carbocycles. The molecule has 0 bridgehead atoms. The van der Waals surface area contributed by atoms with Crippen LogP contribution in [0.4, 0.5) is 15.3 Å². The van der Waals surface area contributed by atoms with Gasteiger partial charge in [0, 0.05) is 34.3 Å². The summed E-state index contributed by atoms with van der Waals surface area (Å²) in [5.41, 5.74) is 12.5. The van der Waals surface area contributed by atoms with Crippen molar-refractivity contribution in [3.05, 3.63) is 65.7 Å². The fourth-order valence-electron chi connectivity index (χ4n) is 4.62. The van der Waals surface area contributed by atoms with Gasteiger partial charge in [0.1, 0.15) is 25.3 Å². The number of amides is 4. The fraction of sp³-hybridized carbons (Fsp3) is 0.469. The highest BCUT2D eigenvalue weighted by molar-refractivity contribution is 7.33. The largest absolute Gasteiger partial charge is 0.700 e. The van der Waals surface area contributed by atoms with Crippen LogP contribution >= 0.6 is 16.5 Å². The van der Waals surface area contributed by atoms with Crippen LogP contribution in [-0.2, 0) is 50.5 Å². The molecule has 0 aliphatic heterocycles. The Balaban J connectivity index is 1.97. The van der Waals surface area contributed by atoms with Crippen LogP contribution in [0.5, 0.6) is 0 Å². The van der Waals surface area contributed by atoms with E-state index >= 15 is 0 Å². The molecule has 0 radical (unpaired) electrons. The molecule has 54 heavy (non-hydrogen) atoms. The number of aliphatic hydroxyl groups is 1. The van der Waals surface area contributed by atoms with Gasteiger partial charge in [-0.25, -0.2) is 9.59 Å². The first-order valence-electron chi connectivity index (χ1n) is 16.6. The monoisotopic (exact) mass is 799 g/mol. The maximum Gasteiger partial charge on any atom is 0.700 e. The molecule has 0 aliphatic rings.